The van der Waals surface area contributed by atoms with E-state index >= 15 is 0 Å². The molecule has 0 spiro atoms. The molecule has 0 amide bonds. The van der Waals surface area contributed by atoms with E-state index < -0.39 is 0 Å². The molecule has 3 nitrogen and oxygen atoms in total. The van der Waals surface area contributed by atoms with Gasteiger partial charge in [-0.3, -0.25) is 4.90 Å². The molecule has 0 aliphatic carbocycles. The summed E-state index contributed by atoms with van der Waals surface area (Å²) in [4.78, 5) is 6.36. The van der Waals surface area contributed by atoms with Crippen molar-refractivity contribution in [3.05, 3.63) is 58.7 Å². The normalized spacial score (nSPS) is 12.6. The average Bonchev–Trinajstić information content (AvgIpc) is 2.40. The maximum absolute atomic E-state index is 6.03. The lowest BCUT2D eigenvalue weighted by Crippen LogP contribution is -2.22. The molecule has 1 aromatic heterocycles. The van der Waals surface area contributed by atoms with Gasteiger partial charge < -0.3 is 5.73 Å². The summed E-state index contributed by atoms with van der Waals surface area (Å²) < 4.78 is 0. The molecule has 0 aliphatic heterocycles. The minimum absolute atomic E-state index is 0.288. The zero-order valence-electron chi connectivity index (χ0n) is 11.2. The van der Waals surface area contributed by atoms with Crippen molar-refractivity contribution >= 4 is 17.4 Å². The van der Waals surface area contributed by atoms with Crippen LogP contribution < -0.4 is 5.73 Å². The Balaban J connectivity index is 2.07. The molecule has 0 saturated carbocycles. The molecule has 1 heterocycles. The average molecular weight is 276 g/mol. The topological polar surface area (TPSA) is 42.1 Å². The first-order valence-corrected chi connectivity index (χ1v) is 6.60. The van der Waals surface area contributed by atoms with Crippen LogP contribution in [0.15, 0.2) is 42.6 Å². The van der Waals surface area contributed by atoms with Gasteiger partial charge in [0.25, 0.3) is 0 Å². The smallest absolute Gasteiger partial charge is 0.123 e. The van der Waals surface area contributed by atoms with Gasteiger partial charge in [-0.15, -0.1) is 0 Å². The van der Waals surface area contributed by atoms with Crippen molar-refractivity contribution in [1.82, 2.24) is 9.88 Å². The number of hydrogen-bond donors (Lipinski definition) is 1. The highest BCUT2D eigenvalue weighted by atomic mass is 35.5. The third-order valence-corrected chi connectivity index (χ3v) is 3.51. The number of anilines is 1. The highest BCUT2D eigenvalue weighted by molar-refractivity contribution is 6.30. The molecule has 2 rings (SSSR count). The molecule has 0 radical (unpaired) electrons. The molecule has 1 unspecified atom stereocenters. The summed E-state index contributed by atoms with van der Waals surface area (Å²) in [5.41, 5.74) is 7.94. The van der Waals surface area contributed by atoms with Crippen LogP contribution in [0.2, 0.25) is 5.02 Å². The van der Waals surface area contributed by atoms with E-state index in [9.17, 15) is 0 Å². The van der Waals surface area contributed by atoms with Gasteiger partial charge in [0.2, 0.25) is 0 Å². The first kappa shape index (κ1) is 13.8. The summed E-state index contributed by atoms with van der Waals surface area (Å²) in [5, 5.41) is 0.770. The van der Waals surface area contributed by atoms with Gasteiger partial charge in [0.15, 0.2) is 0 Å². The highest BCUT2D eigenvalue weighted by Crippen LogP contribution is 2.23. The van der Waals surface area contributed by atoms with Crippen LogP contribution in [0.1, 0.15) is 24.1 Å². The van der Waals surface area contributed by atoms with Gasteiger partial charge in [0.1, 0.15) is 5.82 Å². The van der Waals surface area contributed by atoms with Crippen LogP contribution in [0.4, 0.5) is 5.82 Å². The number of aromatic nitrogens is 1. The fourth-order valence-electron chi connectivity index (χ4n) is 1.98. The second-order valence-electron chi connectivity index (χ2n) is 4.74. The van der Waals surface area contributed by atoms with Gasteiger partial charge in [-0.2, -0.15) is 0 Å². The molecule has 1 aromatic carbocycles. The second kappa shape index (κ2) is 6.04. The van der Waals surface area contributed by atoms with Crippen LogP contribution in [0.5, 0.6) is 0 Å². The summed E-state index contributed by atoms with van der Waals surface area (Å²) in [6, 6.07) is 12.1. The first-order valence-electron chi connectivity index (χ1n) is 6.22. The number of halogens is 1. The molecule has 19 heavy (non-hydrogen) atoms. The van der Waals surface area contributed by atoms with Crippen molar-refractivity contribution in [2.75, 3.05) is 12.8 Å². The van der Waals surface area contributed by atoms with Gasteiger partial charge in [0, 0.05) is 23.8 Å². The van der Waals surface area contributed by atoms with Crippen LogP contribution in [0.3, 0.4) is 0 Å². The Hall–Kier alpha value is -1.58. The molecule has 4 heteroatoms. The lowest BCUT2D eigenvalue weighted by molar-refractivity contribution is 0.253. The molecule has 1 atom stereocenters. The zero-order chi connectivity index (χ0) is 13.8. The Labute approximate surface area is 119 Å². The van der Waals surface area contributed by atoms with E-state index in [1.165, 1.54) is 5.56 Å². The Morgan fingerprint density at radius 1 is 1.32 bits per heavy atom. The highest BCUT2D eigenvalue weighted by Gasteiger charge is 2.12. The largest absolute Gasteiger partial charge is 0.384 e. The Morgan fingerprint density at radius 3 is 2.74 bits per heavy atom. The van der Waals surface area contributed by atoms with E-state index in [0.717, 1.165) is 17.1 Å². The van der Waals surface area contributed by atoms with Crippen molar-refractivity contribution in [2.24, 2.45) is 0 Å². The Kier molecular flexibility index (Phi) is 4.40. The fraction of sp³-hybridized carbons (Fsp3) is 0.267. The van der Waals surface area contributed by atoms with Gasteiger partial charge in [-0.1, -0.05) is 29.8 Å². The van der Waals surface area contributed by atoms with Gasteiger partial charge in [0.05, 0.1) is 0 Å². The quantitative estimate of drug-likeness (QED) is 0.928. The Morgan fingerprint density at radius 2 is 2.11 bits per heavy atom. The lowest BCUT2D eigenvalue weighted by atomic mass is 10.1. The second-order valence-corrected chi connectivity index (χ2v) is 5.17. The van der Waals surface area contributed by atoms with Crippen LogP contribution in [-0.2, 0) is 6.54 Å². The third-order valence-electron chi connectivity index (χ3n) is 3.27. The predicted octanol–water partition coefficient (Wildman–Crippen LogP) is 3.51. The maximum atomic E-state index is 6.03. The zero-order valence-corrected chi connectivity index (χ0v) is 11.9. The van der Waals surface area contributed by atoms with Crippen molar-refractivity contribution in [3.63, 3.8) is 0 Å². The number of benzene rings is 1. The summed E-state index contributed by atoms with van der Waals surface area (Å²) in [6.45, 7) is 2.98. The minimum atomic E-state index is 0.288. The first-order chi connectivity index (χ1) is 9.06. The predicted molar refractivity (Wildman–Crippen MR) is 80.0 cm³/mol. The molecular formula is C15H18ClN3. The Bertz CT molecular complexity index is 539. The molecule has 2 aromatic rings. The van der Waals surface area contributed by atoms with Crippen LogP contribution in [-0.4, -0.2) is 16.9 Å². The number of hydrogen-bond acceptors (Lipinski definition) is 3. The fourth-order valence-corrected chi connectivity index (χ4v) is 2.17. The van der Waals surface area contributed by atoms with Crippen molar-refractivity contribution < 1.29 is 0 Å². The minimum Gasteiger partial charge on any atom is -0.384 e. The van der Waals surface area contributed by atoms with E-state index in [4.69, 9.17) is 17.3 Å². The molecule has 100 valence electrons. The number of pyridine rings is 1. The molecule has 0 saturated heterocycles. The molecule has 0 bridgehead atoms. The van der Waals surface area contributed by atoms with Gasteiger partial charge >= 0.3 is 0 Å². The summed E-state index contributed by atoms with van der Waals surface area (Å²) >= 11 is 6.03. The summed E-state index contributed by atoms with van der Waals surface area (Å²) in [7, 11) is 2.09. The number of nitrogens with two attached hydrogens (primary N) is 1. The van der Waals surface area contributed by atoms with E-state index in [1.54, 1.807) is 0 Å². The van der Waals surface area contributed by atoms with E-state index in [2.05, 4.69) is 29.9 Å². The van der Waals surface area contributed by atoms with E-state index in [-0.39, 0.29) is 6.04 Å². The molecule has 0 fully saturated rings. The van der Waals surface area contributed by atoms with Gasteiger partial charge in [-0.25, -0.2) is 4.98 Å². The lowest BCUT2D eigenvalue weighted by Gasteiger charge is -2.25. The third kappa shape index (κ3) is 3.69. The number of rotatable bonds is 4. The number of nitrogen functional groups attached to an aromatic ring is 1. The molecular weight excluding hydrogens is 258 g/mol. The van der Waals surface area contributed by atoms with Crippen LogP contribution in [0, 0.1) is 0 Å². The molecule has 0 aliphatic rings. The van der Waals surface area contributed by atoms with Crippen LogP contribution >= 0.6 is 11.6 Å². The monoisotopic (exact) mass is 275 g/mol. The number of nitrogens with zero attached hydrogens (tertiary/aromatic N) is 2. The van der Waals surface area contributed by atoms with Crippen molar-refractivity contribution in [3.8, 4) is 0 Å². The standard InChI is InChI=1S/C15H18ClN3/c1-11(13-4-3-5-14(16)8-13)19(2)10-12-6-7-15(17)18-9-12/h3-9,11H,10H2,1-2H3,(H2,17,18). The summed E-state index contributed by atoms with van der Waals surface area (Å²) in [6.07, 6.45) is 1.82. The van der Waals surface area contributed by atoms with Crippen molar-refractivity contribution in [2.45, 2.75) is 19.5 Å². The summed E-state index contributed by atoms with van der Waals surface area (Å²) in [5.74, 6) is 0.550. The SMILES string of the molecule is CC(c1cccc(Cl)c1)N(C)Cc1ccc(N)nc1. The van der Waals surface area contributed by atoms with Crippen LogP contribution in [0.25, 0.3) is 0 Å². The van der Waals surface area contributed by atoms with E-state index in [0.29, 0.717) is 5.82 Å². The maximum Gasteiger partial charge on any atom is 0.123 e. The van der Waals surface area contributed by atoms with E-state index in [1.807, 2.05) is 36.5 Å². The van der Waals surface area contributed by atoms with Gasteiger partial charge in [-0.05, 0) is 43.3 Å². The van der Waals surface area contributed by atoms with Crippen molar-refractivity contribution in [1.29, 1.82) is 0 Å². The molecule has 2 N–H and O–H groups in total.